The van der Waals surface area contributed by atoms with E-state index in [1.807, 2.05) is 0 Å². The topological polar surface area (TPSA) is 237 Å². The highest BCUT2D eigenvalue weighted by molar-refractivity contribution is 7.47. The maximum absolute atomic E-state index is 13.0. The Morgan fingerprint density at radius 3 is 0.789 bits per heavy atom. The van der Waals surface area contributed by atoms with Gasteiger partial charge in [-0.25, -0.2) is 9.13 Å². The number of carbonyl (C=O) groups is 4. The van der Waals surface area contributed by atoms with E-state index >= 15 is 0 Å². The highest BCUT2D eigenvalue weighted by Crippen LogP contribution is 2.45. The number of esters is 4. The molecule has 0 amide bonds. The molecule has 534 valence electrons. The van der Waals surface area contributed by atoms with Gasteiger partial charge in [-0.2, -0.15) is 0 Å². The first kappa shape index (κ1) is 88.1. The quantitative estimate of drug-likeness (QED) is 0.0222. The molecule has 19 heteroatoms. The SMILES string of the molecule is CCC(C)CCCCCCCCCCC(=O)O[C@H](COC(=O)CCCCCCCCC(C)C)COP(=O)(O)OC[C@H](O)COP(=O)(O)OC[C@@H](COC(=O)CCCCCCCCCCCCCCCCC(C)C)OC(=O)CCCCCCCCCCCC(C)C. The Balaban J connectivity index is 5.22. The fraction of sp³-hybridized carbons (Fsp3) is 0.944. The van der Waals surface area contributed by atoms with E-state index in [4.69, 9.17) is 37.0 Å². The van der Waals surface area contributed by atoms with Crippen molar-refractivity contribution < 1.29 is 80.2 Å². The van der Waals surface area contributed by atoms with Crippen LogP contribution in [-0.2, 0) is 65.4 Å². The number of phosphoric ester groups is 2. The summed E-state index contributed by atoms with van der Waals surface area (Å²) in [4.78, 5) is 72.5. The maximum Gasteiger partial charge on any atom is 0.472 e. The summed E-state index contributed by atoms with van der Waals surface area (Å²) in [5.41, 5.74) is 0. The van der Waals surface area contributed by atoms with Crippen LogP contribution in [0.5, 0.6) is 0 Å². The van der Waals surface area contributed by atoms with Gasteiger partial charge in [-0.15, -0.1) is 0 Å². The molecule has 0 aromatic heterocycles. The summed E-state index contributed by atoms with van der Waals surface area (Å²) in [6.45, 7) is 14.1. The Bertz CT molecular complexity index is 1780. The number of aliphatic hydroxyl groups is 1. The molecule has 3 unspecified atom stereocenters. The lowest BCUT2D eigenvalue weighted by Crippen LogP contribution is -2.30. The van der Waals surface area contributed by atoms with Crippen molar-refractivity contribution in [2.45, 2.75) is 369 Å². The minimum atomic E-state index is -4.95. The smallest absolute Gasteiger partial charge is 0.462 e. The molecule has 6 atom stereocenters. The van der Waals surface area contributed by atoms with Crippen LogP contribution in [0.25, 0.3) is 0 Å². The molecule has 0 aliphatic carbocycles. The molecule has 3 N–H and O–H groups in total. The highest BCUT2D eigenvalue weighted by Gasteiger charge is 2.30. The van der Waals surface area contributed by atoms with Gasteiger partial charge in [0, 0.05) is 25.7 Å². The molecule has 0 saturated heterocycles. The number of unbranched alkanes of at least 4 members (excludes halogenated alkanes) is 33. The van der Waals surface area contributed by atoms with Crippen LogP contribution < -0.4 is 0 Å². The predicted molar refractivity (Wildman–Crippen MR) is 363 cm³/mol. The van der Waals surface area contributed by atoms with Crippen molar-refractivity contribution in [3.63, 3.8) is 0 Å². The van der Waals surface area contributed by atoms with Crippen LogP contribution in [0.2, 0.25) is 0 Å². The number of hydrogen-bond donors (Lipinski definition) is 3. The van der Waals surface area contributed by atoms with Crippen molar-refractivity contribution >= 4 is 39.5 Å². The zero-order chi connectivity index (χ0) is 66.8. The number of aliphatic hydroxyl groups excluding tert-OH is 1. The van der Waals surface area contributed by atoms with E-state index in [1.165, 1.54) is 148 Å². The van der Waals surface area contributed by atoms with E-state index in [1.54, 1.807) is 0 Å². The second kappa shape index (κ2) is 60.7. The van der Waals surface area contributed by atoms with Gasteiger partial charge in [0.1, 0.15) is 19.3 Å². The molecule has 0 aromatic rings. The third-order valence-electron chi connectivity index (χ3n) is 16.7. The summed E-state index contributed by atoms with van der Waals surface area (Å²) in [6, 6.07) is 0. The largest absolute Gasteiger partial charge is 0.472 e. The first-order chi connectivity index (χ1) is 43.1. The average Bonchev–Trinajstić information content (AvgIpc) is 2.41. The molecule has 0 aliphatic rings. The van der Waals surface area contributed by atoms with Gasteiger partial charge in [0.05, 0.1) is 26.4 Å². The third kappa shape index (κ3) is 63.5. The minimum absolute atomic E-state index is 0.103. The monoisotopic (exact) mass is 1320 g/mol. The van der Waals surface area contributed by atoms with Crippen LogP contribution >= 0.6 is 15.6 Å². The molecule has 0 heterocycles. The summed E-state index contributed by atoms with van der Waals surface area (Å²) in [6.07, 6.45) is 43.2. The van der Waals surface area contributed by atoms with Gasteiger partial charge >= 0.3 is 39.5 Å². The molecule has 17 nitrogen and oxygen atoms in total. The van der Waals surface area contributed by atoms with Crippen molar-refractivity contribution in [1.29, 1.82) is 0 Å². The average molecular weight is 1330 g/mol. The lowest BCUT2D eigenvalue weighted by atomic mass is 9.99. The summed E-state index contributed by atoms with van der Waals surface area (Å²) in [7, 11) is -9.90. The maximum atomic E-state index is 13.0. The van der Waals surface area contributed by atoms with Crippen LogP contribution in [0.15, 0.2) is 0 Å². The van der Waals surface area contributed by atoms with Gasteiger partial charge in [0.25, 0.3) is 0 Å². The van der Waals surface area contributed by atoms with E-state index in [2.05, 4.69) is 55.4 Å². The van der Waals surface area contributed by atoms with Crippen LogP contribution in [0, 0.1) is 23.7 Å². The van der Waals surface area contributed by atoms with Gasteiger partial charge in [0.15, 0.2) is 12.2 Å². The summed E-state index contributed by atoms with van der Waals surface area (Å²) < 4.78 is 68.3. The molecule has 0 rings (SSSR count). The van der Waals surface area contributed by atoms with E-state index in [0.717, 1.165) is 114 Å². The van der Waals surface area contributed by atoms with E-state index < -0.39 is 97.5 Å². The minimum Gasteiger partial charge on any atom is -0.462 e. The fourth-order valence-corrected chi connectivity index (χ4v) is 12.2. The van der Waals surface area contributed by atoms with Gasteiger partial charge in [-0.3, -0.25) is 37.3 Å². The predicted octanol–water partition coefficient (Wildman–Crippen LogP) is 20.1. The number of ether oxygens (including phenoxy) is 4. The first-order valence-electron chi connectivity index (χ1n) is 36.7. The van der Waals surface area contributed by atoms with Crippen molar-refractivity contribution in [3.05, 3.63) is 0 Å². The number of carbonyl (C=O) groups excluding carboxylic acids is 4. The molecule has 0 saturated carbocycles. The zero-order valence-corrected chi connectivity index (χ0v) is 60.6. The summed E-state index contributed by atoms with van der Waals surface area (Å²) >= 11 is 0. The second-order valence-electron chi connectivity index (χ2n) is 27.3. The number of phosphoric acid groups is 2. The zero-order valence-electron chi connectivity index (χ0n) is 58.8. The second-order valence-corrected chi connectivity index (χ2v) is 30.2. The Labute approximate surface area is 549 Å². The highest BCUT2D eigenvalue weighted by atomic mass is 31.2. The van der Waals surface area contributed by atoms with E-state index in [0.29, 0.717) is 31.6 Å². The molecule has 0 fully saturated rings. The molecule has 0 radical (unpaired) electrons. The molecular formula is C71H138O17P2. The van der Waals surface area contributed by atoms with Crippen LogP contribution in [0.4, 0.5) is 0 Å². The Kier molecular flexibility index (Phi) is 59.4. The fourth-order valence-electron chi connectivity index (χ4n) is 10.6. The molecule has 0 bridgehead atoms. The van der Waals surface area contributed by atoms with Gasteiger partial charge in [-0.1, -0.05) is 299 Å². The standard InChI is InChI=1S/C71H138O17P2/c1-9-64(8)50-42-34-25-21-22-28-38-46-54-71(76)88-67(58-82-69(74)52-44-36-30-29-33-41-49-63(6)7)60-86-90(79,80)84-56-65(72)55-83-89(77,78)85-59-66(87-70(75)53-45-37-27-20-16-18-24-32-40-48-62(4)5)57-81-68(73)51-43-35-26-19-15-13-11-10-12-14-17-23-31-39-47-61(2)3/h61-67,72H,9-60H2,1-8H3,(H,77,78)(H,79,80)/t64?,65-,66-,67-/m1/s1. The number of hydrogen-bond acceptors (Lipinski definition) is 15. The van der Waals surface area contributed by atoms with Crippen LogP contribution in [-0.4, -0.2) is 96.7 Å². The Morgan fingerprint density at radius 2 is 0.533 bits per heavy atom. The molecular weight excluding hydrogens is 1190 g/mol. The normalized spacial score (nSPS) is 14.6. The molecule has 0 spiro atoms. The molecule has 0 aromatic carbocycles. The van der Waals surface area contributed by atoms with Gasteiger partial charge in [0.2, 0.25) is 0 Å². The van der Waals surface area contributed by atoms with E-state index in [9.17, 15) is 43.2 Å². The Morgan fingerprint density at radius 1 is 0.311 bits per heavy atom. The lowest BCUT2D eigenvalue weighted by molar-refractivity contribution is -0.161. The third-order valence-corrected chi connectivity index (χ3v) is 18.6. The van der Waals surface area contributed by atoms with Gasteiger partial charge < -0.3 is 33.8 Å². The summed E-state index contributed by atoms with van der Waals surface area (Å²) in [5, 5.41) is 10.6. The van der Waals surface area contributed by atoms with Crippen molar-refractivity contribution in [2.75, 3.05) is 39.6 Å². The molecule has 0 aliphatic heterocycles. The lowest BCUT2D eigenvalue weighted by Gasteiger charge is -2.21. The molecule has 90 heavy (non-hydrogen) atoms. The van der Waals surface area contributed by atoms with Crippen LogP contribution in [0.1, 0.15) is 351 Å². The Hall–Kier alpha value is -1.94. The van der Waals surface area contributed by atoms with Gasteiger partial charge in [-0.05, 0) is 49.4 Å². The van der Waals surface area contributed by atoms with E-state index in [-0.39, 0.29) is 25.7 Å². The number of rotatable bonds is 68. The van der Waals surface area contributed by atoms with Crippen LogP contribution in [0.3, 0.4) is 0 Å². The summed E-state index contributed by atoms with van der Waals surface area (Å²) in [5.74, 6) is 0.853. The van der Waals surface area contributed by atoms with Crippen molar-refractivity contribution in [3.8, 4) is 0 Å². The first-order valence-corrected chi connectivity index (χ1v) is 39.7. The van der Waals surface area contributed by atoms with Crippen molar-refractivity contribution in [1.82, 2.24) is 0 Å². The van der Waals surface area contributed by atoms with Crippen molar-refractivity contribution in [2.24, 2.45) is 23.7 Å².